The summed E-state index contributed by atoms with van der Waals surface area (Å²) >= 11 is 0. The van der Waals surface area contributed by atoms with Crippen molar-refractivity contribution < 1.29 is 9.53 Å². The molecule has 21 heavy (non-hydrogen) atoms. The van der Waals surface area contributed by atoms with Crippen molar-refractivity contribution in [1.82, 2.24) is 4.90 Å². The average Bonchev–Trinajstić information content (AvgIpc) is 2.49. The minimum Gasteiger partial charge on any atom is -0.495 e. The predicted molar refractivity (Wildman–Crippen MR) is 85.3 cm³/mol. The van der Waals surface area contributed by atoms with Crippen molar-refractivity contribution in [2.45, 2.75) is 20.3 Å². The van der Waals surface area contributed by atoms with E-state index in [9.17, 15) is 4.79 Å². The molecule has 4 heteroatoms. The maximum atomic E-state index is 12.4. The Hall–Kier alpha value is -1.99. The highest BCUT2D eigenvalue weighted by Crippen LogP contribution is 2.20. The summed E-state index contributed by atoms with van der Waals surface area (Å²) in [5.41, 5.74) is 6.69. The Balaban J connectivity index is 2.94. The lowest BCUT2D eigenvalue weighted by atomic mass is 10.1. The number of benzene rings is 1. The Labute approximate surface area is 127 Å². The van der Waals surface area contributed by atoms with Gasteiger partial charge in [-0.15, -0.1) is 0 Å². The molecule has 0 saturated heterocycles. The number of ether oxygens (including phenoxy) is 1. The molecule has 0 bridgehead atoms. The van der Waals surface area contributed by atoms with Crippen LogP contribution < -0.4 is 10.5 Å². The van der Waals surface area contributed by atoms with Crippen LogP contribution in [0.15, 0.2) is 18.2 Å². The Morgan fingerprint density at radius 2 is 2.14 bits per heavy atom. The summed E-state index contributed by atoms with van der Waals surface area (Å²) in [5, 5.41) is 0. The summed E-state index contributed by atoms with van der Waals surface area (Å²) in [6.45, 7) is 5.31. The maximum Gasteiger partial charge on any atom is 0.253 e. The van der Waals surface area contributed by atoms with E-state index in [1.54, 1.807) is 30.2 Å². The van der Waals surface area contributed by atoms with Gasteiger partial charge in [0.1, 0.15) is 5.75 Å². The second kappa shape index (κ2) is 8.33. The van der Waals surface area contributed by atoms with E-state index in [2.05, 4.69) is 25.7 Å². The molecule has 0 spiro atoms. The summed E-state index contributed by atoms with van der Waals surface area (Å²) in [5.74, 6) is 6.94. The van der Waals surface area contributed by atoms with Crippen molar-refractivity contribution in [3.63, 3.8) is 0 Å². The first kappa shape index (κ1) is 17.1. The summed E-state index contributed by atoms with van der Waals surface area (Å²) in [6, 6.07) is 5.29. The molecular formula is C17H24N2O2. The van der Waals surface area contributed by atoms with E-state index < -0.39 is 0 Å². The standard InChI is InChI=1S/C17H24N2O2/c1-13(2)9-11-19(3)17(20)15-7-8-16(21-4)14(12-15)6-5-10-18/h7-8,12-13H,9-11,18H2,1-4H3. The minimum absolute atomic E-state index is 0.00546. The molecule has 0 aliphatic heterocycles. The van der Waals surface area contributed by atoms with Gasteiger partial charge in [0.05, 0.1) is 19.2 Å². The van der Waals surface area contributed by atoms with Crippen molar-refractivity contribution >= 4 is 5.91 Å². The van der Waals surface area contributed by atoms with E-state index in [1.807, 2.05) is 7.05 Å². The van der Waals surface area contributed by atoms with Crippen LogP contribution in [0.3, 0.4) is 0 Å². The van der Waals surface area contributed by atoms with Crippen LogP contribution in [0, 0.1) is 17.8 Å². The molecule has 0 aliphatic carbocycles. The van der Waals surface area contributed by atoms with Gasteiger partial charge >= 0.3 is 0 Å². The van der Waals surface area contributed by atoms with E-state index in [-0.39, 0.29) is 12.5 Å². The SMILES string of the molecule is COc1ccc(C(=O)N(C)CCC(C)C)cc1C#CCN. The van der Waals surface area contributed by atoms with Gasteiger partial charge < -0.3 is 15.4 Å². The lowest BCUT2D eigenvalue weighted by Gasteiger charge is -2.18. The van der Waals surface area contributed by atoms with Crippen LogP contribution in [0.4, 0.5) is 0 Å². The first-order valence-electron chi connectivity index (χ1n) is 7.12. The Morgan fingerprint density at radius 3 is 2.71 bits per heavy atom. The highest BCUT2D eigenvalue weighted by molar-refractivity contribution is 5.94. The number of hydrogen-bond acceptors (Lipinski definition) is 3. The van der Waals surface area contributed by atoms with E-state index >= 15 is 0 Å². The number of carbonyl (C=O) groups excluding carboxylic acids is 1. The van der Waals surface area contributed by atoms with E-state index in [1.165, 1.54) is 0 Å². The second-order valence-corrected chi connectivity index (χ2v) is 5.33. The van der Waals surface area contributed by atoms with Gasteiger partial charge in [0.2, 0.25) is 0 Å². The van der Waals surface area contributed by atoms with Crippen molar-refractivity contribution in [1.29, 1.82) is 0 Å². The first-order chi connectivity index (χ1) is 9.99. The molecule has 1 aromatic rings. The van der Waals surface area contributed by atoms with Gasteiger partial charge in [-0.2, -0.15) is 0 Å². The van der Waals surface area contributed by atoms with Crippen LogP contribution in [0.1, 0.15) is 36.2 Å². The zero-order chi connectivity index (χ0) is 15.8. The molecule has 0 unspecified atom stereocenters. The third-order valence-corrected chi connectivity index (χ3v) is 3.16. The zero-order valence-electron chi connectivity index (χ0n) is 13.3. The summed E-state index contributed by atoms with van der Waals surface area (Å²) in [6.07, 6.45) is 0.984. The van der Waals surface area contributed by atoms with E-state index in [4.69, 9.17) is 10.5 Å². The summed E-state index contributed by atoms with van der Waals surface area (Å²) in [7, 11) is 3.40. The molecule has 0 atom stereocenters. The maximum absolute atomic E-state index is 12.4. The van der Waals surface area contributed by atoms with Gasteiger partial charge in [0, 0.05) is 19.2 Å². The first-order valence-corrected chi connectivity index (χ1v) is 7.12. The highest BCUT2D eigenvalue weighted by atomic mass is 16.5. The van der Waals surface area contributed by atoms with Gasteiger partial charge in [-0.1, -0.05) is 25.7 Å². The van der Waals surface area contributed by atoms with Crippen LogP contribution in [0.2, 0.25) is 0 Å². The number of nitrogens with two attached hydrogens (primary N) is 1. The molecular weight excluding hydrogens is 264 g/mol. The molecule has 0 saturated carbocycles. The molecule has 0 radical (unpaired) electrons. The van der Waals surface area contributed by atoms with Crippen molar-refractivity contribution in [2.75, 3.05) is 27.2 Å². The fraction of sp³-hybridized carbons (Fsp3) is 0.471. The molecule has 0 heterocycles. The largest absolute Gasteiger partial charge is 0.495 e. The fourth-order valence-electron chi connectivity index (χ4n) is 1.86. The fourth-order valence-corrected chi connectivity index (χ4v) is 1.86. The van der Waals surface area contributed by atoms with Gasteiger partial charge in [0.25, 0.3) is 5.91 Å². The molecule has 0 aliphatic rings. The molecule has 2 N–H and O–H groups in total. The van der Waals surface area contributed by atoms with E-state index in [0.717, 1.165) is 13.0 Å². The average molecular weight is 288 g/mol. The van der Waals surface area contributed by atoms with Crippen molar-refractivity contribution in [3.05, 3.63) is 29.3 Å². The van der Waals surface area contributed by atoms with E-state index in [0.29, 0.717) is 22.8 Å². The monoisotopic (exact) mass is 288 g/mol. The molecule has 114 valence electrons. The molecule has 4 nitrogen and oxygen atoms in total. The van der Waals surface area contributed by atoms with Gasteiger partial charge in [-0.25, -0.2) is 0 Å². The minimum atomic E-state index is -0.00546. The number of carbonyl (C=O) groups is 1. The molecule has 1 rings (SSSR count). The number of amides is 1. The van der Waals surface area contributed by atoms with Crippen LogP contribution >= 0.6 is 0 Å². The number of methoxy groups -OCH3 is 1. The second-order valence-electron chi connectivity index (χ2n) is 5.33. The summed E-state index contributed by atoms with van der Waals surface area (Å²) in [4.78, 5) is 14.1. The van der Waals surface area contributed by atoms with Crippen molar-refractivity contribution in [3.8, 4) is 17.6 Å². The molecule has 1 amide bonds. The lowest BCUT2D eigenvalue weighted by Crippen LogP contribution is -2.28. The lowest BCUT2D eigenvalue weighted by molar-refractivity contribution is 0.0789. The normalized spacial score (nSPS) is 10.0. The third kappa shape index (κ3) is 5.13. The third-order valence-electron chi connectivity index (χ3n) is 3.16. The van der Waals surface area contributed by atoms with Crippen LogP contribution in [0.25, 0.3) is 0 Å². The van der Waals surface area contributed by atoms with Crippen LogP contribution in [-0.4, -0.2) is 38.1 Å². The highest BCUT2D eigenvalue weighted by Gasteiger charge is 2.14. The van der Waals surface area contributed by atoms with Gasteiger partial charge in [-0.05, 0) is 30.5 Å². The Kier molecular flexibility index (Phi) is 6.77. The molecule has 1 aromatic carbocycles. The number of rotatable bonds is 5. The van der Waals surface area contributed by atoms with Gasteiger partial charge in [0.15, 0.2) is 0 Å². The van der Waals surface area contributed by atoms with Crippen LogP contribution in [0.5, 0.6) is 5.75 Å². The molecule has 0 aromatic heterocycles. The zero-order valence-corrected chi connectivity index (χ0v) is 13.3. The van der Waals surface area contributed by atoms with Crippen molar-refractivity contribution in [2.24, 2.45) is 11.7 Å². The quantitative estimate of drug-likeness (QED) is 0.844. The summed E-state index contributed by atoms with van der Waals surface area (Å²) < 4.78 is 5.25. The van der Waals surface area contributed by atoms with Crippen LogP contribution in [-0.2, 0) is 0 Å². The number of nitrogens with zero attached hydrogens (tertiary/aromatic N) is 1. The Morgan fingerprint density at radius 1 is 1.43 bits per heavy atom. The molecule has 0 fully saturated rings. The predicted octanol–water partition coefficient (Wildman–Crippen LogP) is 2.12. The smallest absolute Gasteiger partial charge is 0.253 e. The Bertz CT molecular complexity index is 541. The number of hydrogen-bond donors (Lipinski definition) is 1. The van der Waals surface area contributed by atoms with Gasteiger partial charge in [-0.3, -0.25) is 4.79 Å². The topological polar surface area (TPSA) is 55.6 Å².